The average Bonchev–Trinajstić information content (AvgIpc) is 3.09. The molecular weight excluding hydrogens is 408 g/mol. The molecule has 2 aromatic rings. The molecule has 1 atom stereocenters. The Labute approximate surface area is 189 Å². The second-order valence-corrected chi connectivity index (χ2v) is 9.83. The van der Waals surface area contributed by atoms with Crippen LogP contribution < -0.4 is 10.9 Å². The van der Waals surface area contributed by atoms with Crippen LogP contribution in [0.15, 0.2) is 16.2 Å². The molecule has 0 spiro atoms. The third kappa shape index (κ3) is 5.27. The number of hydrogen-bond donors (Lipinski definition) is 2. The summed E-state index contributed by atoms with van der Waals surface area (Å²) in [5, 5.41) is 4.93. The van der Waals surface area contributed by atoms with E-state index in [2.05, 4.69) is 48.0 Å². The molecule has 1 aliphatic rings. The van der Waals surface area contributed by atoms with Crippen LogP contribution in [-0.2, 0) is 6.54 Å². The van der Waals surface area contributed by atoms with Gasteiger partial charge in [0.2, 0.25) is 0 Å². The Kier molecular flexibility index (Phi) is 7.73. The van der Waals surface area contributed by atoms with Gasteiger partial charge in [-0.2, -0.15) is 0 Å². The van der Waals surface area contributed by atoms with E-state index in [0.29, 0.717) is 17.6 Å². The minimum absolute atomic E-state index is 0.111. The molecule has 31 heavy (non-hydrogen) atoms. The molecule has 0 unspecified atom stereocenters. The van der Waals surface area contributed by atoms with Crippen LogP contribution in [0.2, 0.25) is 0 Å². The highest BCUT2D eigenvalue weighted by molar-refractivity contribution is 7.10. The molecule has 2 N–H and O–H groups in total. The summed E-state index contributed by atoms with van der Waals surface area (Å²) in [6.07, 6.45) is 3.41. The van der Waals surface area contributed by atoms with Crippen molar-refractivity contribution in [2.45, 2.75) is 65.6 Å². The van der Waals surface area contributed by atoms with E-state index < -0.39 is 0 Å². The molecule has 6 nitrogen and oxygen atoms in total. The van der Waals surface area contributed by atoms with E-state index in [1.54, 1.807) is 11.3 Å². The Hall–Kier alpha value is -1.96. The number of rotatable bonds is 7. The Bertz CT molecular complexity index is 970. The Morgan fingerprint density at radius 3 is 2.55 bits per heavy atom. The topological polar surface area (TPSA) is 68.4 Å². The maximum absolute atomic E-state index is 12.9. The highest BCUT2D eigenvalue weighted by Gasteiger charge is 2.29. The van der Waals surface area contributed by atoms with Gasteiger partial charge in [-0.25, -0.2) is 0 Å². The third-order valence-corrected chi connectivity index (χ3v) is 7.79. The number of likely N-dealkylation sites (tertiary alicyclic amines) is 1. The minimum Gasteiger partial charge on any atom is -0.348 e. The zero-order valence-corrected chi connectivity index (χ0v) is 20.5. The molecule has 0 radical (unpaired) electrons. The smallest absolute Gasteiger partial charge is 0.253 e. The summed E-state index contributed by atoms with van der Waals surface area (Å²) >= 11 is 1.69. The molecule has 1 amide bonds. The molecule has 1 saturated heterocycles. The van der Waals surface area contributed by atoms with E-state index >= 15 is 0 Å². The molecule has 3 rings (SSSR count). The SMILES string of the molecule is CC[C@H](c1scc(C(=O)NCc2c(C)cc(C)[nH]c2=O)c1C)N1CCC(N(C)C)CC1. The summed E-state index contributed by atoms with van der Waals surface area (Å²) in [4.78, 5) is 34.2. The number of carbonyl (C=O) groups is 1. The molecular formula is C24H36N4O2S. The molecule has 1 fully saturated rings. The van der Waals surface area contributed by atoms with E-state index in [1.165, 1.54) is 17.7 Å². The maximum atomic E-state index is 12.9. The molecule has 7 heteroatoms. The van der Waals surface area contributed by atoms with Crippen LogP contribution >= 0.6 is 11.3 Å². The average molecular weight is 445 g/mol. The largest absolute Gasteiger partial charge is 0.348 e. The maximum Gasteiger partial charge on any atom is 0.253 e. The van der Waals surface area contributed by atoms with Crippen molar-refractivity contribution in [3.8, 4) is 0 Å². The first-order chi connectivity index (χ1) is 14.7. The quantitative estimate of drug-likeness (QED) is 0.682. The van der Waals surface area contributed by atoms with Crippen molar-refractivity contribution in [3.05, 3.63) is 54.6 Å². The number of hydrogen-bond acceptors (Lipinski definition) is 5. The molecule has 3 heterocycles. The van der Waals surface area contributed by atoms with E-state index in [4.69, 9.17) is 0 Å². The molecule has 1 aliphatic heterocycles. The van der Waals surface area contributed by atoms with E-state index in [1.807, 2.05) is 25.3 Å². The van der Waals surface area contributed by atoms with Gasteiger partial charge in [-0.1, -0.05) is 6.92 Å². The number of piperidine rings is 1. The number of nitrogens with one attached hydrogen (secondary N) is 2. The van der Waals surface area contributed by atoms with Crippen LogP contribution in [0.4, 0.5) is 0 Å². The third-order valence-electron chi connectivity index (χ3n) is 6.60. The van der Waals surface area contributed by atoms with Crippen LogP contribution in [-0.4, -0.2) is 53.9 Å². The van der Waals surface area contributed by atoms with Crippen molar-refractivity contribution >= 4 is 17.2 Å². The van der Waals surface area contributed by atoms with E-state index in [0.717, 1.165) is 41.9 Å². The van der Waals surface area contributed by atoms with E-state index in [9.17, 15) is 9.59 Å². The van der Waals surface area contributed by atoms with Gasteiger partial charge in [0.15, 0.2) is 0 Å². The van der Waals surface area contributed by atoms with E-state index in [-0.39, 0.29) is 18.0 Å². The van der Waals surface area contributed by atoms with Crippen LogP contribution in [0.25, 0.3) is 0 Å². The number of thiophene rings is 1. The molecule has 0 aromatic carbocycles. The number of pyridine rings is 1. The highest BCUT2D eigenvalue weighted by Crippen LogP contribution is 2.35. The van der Waals surface area contributed by atoms with Crippen molar-refractivity contribution < 1.29 is 4.79 Å². The van der Waals surface area contributed by atoms with Crippen molar-refractivity contribution in [3.63, 3.8) is 0 Å². The normalized spacial score (nSPS) is 16.6. The number of aryl methyl sites for hydroxylation is 2. The van der Waals surface area contributed by atoms with Gasteiger partial charge >= 0.3 is 0 Å². The summed E-state index contributed by atoms with van der Waals surface area (Å²) in [6, 6.07) is 2.95. The van der Waals surface area contributed by atoms with Crippen LogP contribution in [0.1, 0.15) is 69.8 Å². The predicted molar refractivity (Wildman–Crippen MR) is 128 cm³/mol. The van der Waals surface area contributed by atoms with Gasteiger partial charge in [0.1, 0.15) is 0 Å². The lowest BCUT2D eigenvalue weighted by Gasteiger charge is -2.39. The fraction of sp³-hybridized carbons (Fsp3) is 0.583. The standard InChI is InChI=1S/C24H36N4O2S/c1-7-21(28-10-8-18(9-11-28)27(5)6)22-17(4)20(14-31-22)23(29)25-13-19-15(2)12-16(3)26-24(19)30/h12,14,18,21H,7-11,13H2,1-6H3,(H,25,29)(H,26,30)/t21-/m1/s1. The Balaban J connectivity index is 1.70. The van der Waals surface area contributed by atoms with Crippen molar-refractivity contribution in [1.29, 1.82) is 0 Å². The van der Waals surface area contributed by atoms with Gasteiger partial charge in [-0.3, -0.25) is 14.5 Å². The summed E-state index contributed by atoms with van der Waals surface area (Å²) in [5.74, 6) is -0.111. The van der Waals surface area contributed by atoms with Crippen LogP contribution in [0.5, 0.6) is 0 Å². The second-order valence-electron chi connectivity index (χ2n) is 8.92. The fourth-order valence-corrected chi connectivity index (χ4v) is 5.96. The zero-order chi connectivity index (χ0) is 22.7. The Morgan fingerprint density at radius 1 is 1.29 bits per heavy atom. The summed E-state index contributed by atoms with van der Waals surface area (Å²) in [7, 11) is 4.33. The fourth-order valence-electron chi connectivity index (χ4n) is 4.67. The Morgan fingerprint density at radius 2 is 1.97 bits per heavy atom. The second kappa shape index (κ2) is 10.1. The number of H-pyrrole nitrogens is 1. The molecule has 0 aliphatic carbocycles. The predicted octanol–water partition coefficient (Wildman–Crippen LogP) is 3.77. The number of aromatic nitrogens is 1. The van der Waals surface area contributed by atoms with Gasteiger partial charge in [0, 0.05) is 53.2 Å². The lowest BCUT2D eigenvalue weighted by molar-refractivity contribution is 0.0949. The number of aromatic amines is 1. The number of carbonyl (C=O) groups excluding carboxylic acids is 1. The van der Waals surface area contributed by atoms with Crippen molar-refractivity contribution in [2.24, 2.45) is 0 Å². The first-order valence-electron chi connectivity index (χ1n) is 11.2. The first kappa shape index (κ1) is 23.7. The molecule has 2 aromatic heterocycles. The van der Waals surface area contributed by atoms with Crippen molar-refractivity contribution in [1.82, 2.24) is 20.1 Å². The number of nitrogens with zero attached hydrogens (tertiary/aromatic N) is 2. The monoisotopic (exact) mass is 444 g/mol. The van der Waals surface area contributed by atoms with Gasteiger partial charge in [-0.15, -0.1) is 11.3 Å². The highest BCUT2D eigenvalue weighted by atomic mass is 32.1. The number of amides is 1. The molecule has 170 valence electrons. The van der Waals surface area contributed by atoms with Crippen LogP contribution in [0.3, 0.4) is 0 Å². The lowest BCUT2D eigenvalue weighted by atomic mass is 9.98. The molecule has 0 bridgehead atoms. The minimum atomic E-state index is -0.132. The van der Waals surface area contributed by atoms with Gasteiger partial charge in [-0.05, 0) is 71.3 Å². The lowest BCUT2D eigenvalue weighted by Crippen LogP contribution is -2.43. The molecule has 0 saturated carbocycles. The van der Waals surface area contributed by atoms with Crippen LogP contribution in [0, 0.1) is 20.8 Å². The van der Waals surface area contributed by atoms with Gasteiger partial charge in [0.05, 0.1) is 5.56 Å². The summed E-state index contributed by atoms with van der Waals surface area (Å²) < 4.78 is 0. The van der Waals surface area contributed by atoms with Crippen molar-refractivity contribution in [2.75, 3.05) is 27.2 Å². The summed E-state index contributed by atoms with van der Waals surface area (Å²) in [6.45, 7) is 10.5. The van der Waals surface area contributed by atoms with Gasteiger partial charge < -0.3 is 15.2 Å². The zero-order valence-electron chi connectivity index (χ0n) is 19.7. The van der Waals surface area contributed by atoms with Gasteiger partial charge in [0.25, 0.3) is 11.5 Å². The summed E-state index contributed by atoms with van der Waals surface area (Å²) in [5.41, 5.74) is 4.00. The first-order valence-corrected chi connectivity index (χ1v) is 12.1.